The molecule has 1 aromatic heterocycles. The van der Waals surface area contributed by atoms with Crippen LogP contribution in [0.5, 0.6) is 5.88 Å². The van der Waals surface area contributed by atoms with Crippen molar-refractivity contribution in [2.24, 2.45) is 0 Å². The standard InChI is InChI=1S/C8H7ClF3N.C8H7NO3/c9-13-5-6-1-3-7(4-2-6)8(10,11)12;10-8(11)6-4-12-7-5(6)2-1-3-9-7/h1-4,13H,5H2;1-3,6H,4H2,(H,10,11). The Bertz CT molecular complexity index is 723. The van der Waals surface area contributed by atoms with Crippen LogP contribution in [-0.2, 0) is 17.5 Å². The van der Waals surface area contributed by atoms with Crippen molar-refractivity contribution in [2.45, 2.75) is 18.6 Å². The second-order valence-corrected chi connectivity index (χ2v) is 5.37. The highest BCUT2D eigenvalue weighted by Gasteiger charge is 2.31. The molecule has 0 radical (unpaired) electrons. The Balaban J connectivity index is 0.000000181. The first-order valence-corrected chi connectivity index (χ1v) is 7.51. The lowest BCUT2D eigenvalue weighted by Crippen LogP contribution is -2.12. The zero-order chi connectivity index (χ0) is 18.4. The normalized spacial score (nSPS) is 15.6. The topological polar surface area (TPSA) is 71.5 Å². The number of alkyl halides is 3. The van der Waals surface area contributed by atoms with Crippen LogP contribution in [0, 0.1) is 0 Å². The van der Waals surface area contributed by atoms with Crippen molar-refractivity contribution in [3.8, 4) is 5.88 Å². The van der Waals surface area contributed by atoms with E-state index in [-0.39, 0.29) is 6.61 Å². The fourth-order valence-corrected chi connectivity index (χ4v) is 2.29. The van der Waals surface area contributed by atoms with E-state index in [0.29, 0.717) is 23.6 Å². The number of aliphatic carboxylic acids is 1. The number of hydrogen-bond acceptors (Lipinski definition) is 4. The van der Waals surface area contributed by atoms with E-state index < -0.39 is 23.6 Å². The molecule has 1 atom stereocenters. The van der Waals surface area contributed by atoms with E-state index in [1.807, 2.05) is 0 Å². The van der Waals surface area contributed by atoms with Gasteiger partial charge in [0.25, 0.3) is 0 Å². The maximum atomic E-state index is 12.1. The minimum atomic E-state index is -4.27. The molecule has 9 heteroatoms. The Morgan fingerprint density at radius 1 is 1.32 bits per heavy atom. The number of aromatic nitrogens is 1. The van der Waals surface area contributed by atoms with Gasteiger partial charge in [0.2, 0.25) is 5.88 Å². The number of rotatable bonds is 3. The maximum absolute atomic E-state index is 12.1. The first-order chi connectivity index (χ1) is 11.8. The smallest absolute Gasteiger partial charge is 0.416 e. The number of hydrogen-bond donors (Lipinski definition) is 2. The van der Waals surface area contributed by atoms with Gasteiger partial charge in [-0.2, -0.15) is 13.2 Å². The average molecular weight is 375 g/mol. The fourth-order valence-electron chi connectivity index (χ4n) is 2.13. The van der Waals surface area contributed by atoms with E-state index >= 15 is 0 Å². The highest BCUT2D eigenvalue weighted by atomic mass is 35.5. The van der Waals surface area contributed by atoms with Gasteiger partial charge in [0.1, 0.15) is 12.5 Å². The van der Waals surface area contributed by atoms with Crippen LogP contribution in [0.2, 0.25) is 0 Å². The molecule has 134 valence electrons. The second kappa shape index (κ2) is 8.17. The van der Waals surface area contributed by atoms with Crippen molar-refractivity contribution in [1.29, 1.82) is 0 Å². The van der Waals surface area contributed by atoms with Crippen LogP contribution < -0.4 is 9.57 Å². The van der Waals surface area contributed by atoms with E-state index in [2.05, 4.69) is 9.82 Å². The van der Waals surface area contributed by atoms with Crippen LogP contribution in [0.3, 0.4) is 0 Å². The van der Waals surface area contributed by atoms with Gasteiger partial charge in [-0.1, -0.05) is 18.2 Å². The summed E-state index contributed by atoms with van der Waals surface area (Å²) in [4.78, 5) is 16.9. The Labute approximate surface area is 146 Å². The van der Waals surface area contributed by atoms with Gasteiger partial charge in [0.05, 0.1) is 5.56 Å². The number of nitrogens with zero attached hydrogens (tertiary/aromatic N) is 1. The van der Waals surface area contributed by atoms with Crippen LogP contribution in [0.15, 0.2) is 42.6 Å². The highest BCUT2D eigenvalue weighted by molar-refractivity contribution is 6.13. The molecule has 0 amide bonds. The summed E-state index contributed by atoms with van der Waals surface area (Å²) in [7, 11) is 0. The minimum absolute atomic E-state index is 0.196. The van der Waals surface area contributed by atoms with Gasteiger partial charge < -0.3 is 9.84 Å². The van der Waals surface area contributed by atoms with Crippen LogP contribution >= 0.6 is 11.8 Å². The first-order valence-electron chi connectivity index (χ1n) is 7.13. The van der Waals surface area contributed by atoms with Crippen LogP contribution in [0.4, 0.5) is 13.2 Å². The van der Waals surface area contributed by atoms with E-state index in [1.165, 1.54) is 12.1 Å². The Morgan fingerprint density at radius 3 is 2.56 bits per heavy atom. The summed E-state index contributed by atoms with van der Waals surface area (Å²) in [6.45, 7) is 0.543. The molecule has 0 saturated heterocycles. The molecule has 25 heavy (non-hydrogen) atoms. The Kier molecular flexibility index (Phi) is 6.22. The summed E-state index contributed by atoms with van der Waals surface area (Å²) in [6.07, 6.45) is -2.68. The van der Waals surface area contributed by atoms with Gasteiger partial charge in [-0.15, -0.1) is 0 Å². The number of pyridine rings is 1. The lowest BCUT2D eigenvalue weighted by atomic mass is 10.0. The van der Waals surface area contributed by atoms with Crippen LogP contribution in [-0.4, -0.2) is 22.7 Å². The van der Waals surface area contributed by atoms with Crippen LogP contribution in [0.25, 0.3) is 0 Å². The molecule has 0 bridgehead atoms. The molecule has 5 nitrogen and oxygen atoms in total. The molecule has 2 aromatic rings. The van der Waals surface area contributed by atoms with Crippen molar-refractivity contribution in [2.75, 3.05) is 6.61 Å². The molecular weight excluding hydrogens is 361 g/mol. The predicted octanol–water partition coefficient (Wildman–Crippen LogP) is 3.59. The fraction of sp³-hybridized carbons (Fsp3) is 0.250. The quantitative estimate of drug-likeness (QED) is 0.803. The molecule has 0 aliphatic carbocycles. The van der Waals surface area contributed by atoms with Crippen molar-refractivity contribution in [1.82, 2.24) is 9.82 Å². The molecular formula is C16H14ClF3N2O3. The second-order valence-electron chi connectivity index (χ2n) is 5.10. The SMILES string of the molecule is FC(F)(F)c1ccc(CNCl)cc1.O=C(O)C1COc2ncccc21. The summed E-state index contributed by atoms with van der Waals surface area (Å²) in [5.41, 5.74) is 0.735. The summed E-state index contributed by atoms with van der Waals surface area (Å²) in [5.74, 6) is -0.958. The molecule has 0 spiro atoms. The van der Waals surface area contributed by atoms with Crippen molar-refractivity contribution < 1.29 is 27.8 Å². The summed E-state index contributed by atoms with van der Waals surface area (Å²) in [5, 5.41) is 8.75. The number of carboxylic acid groups (broad SMARTS) is 1. The number of ether oxygens (including phenoxy) is 1. The maximum Gasteiger partial charge on any atom is 0.416 e. The third-order valence-electron chi connectivity index (χ3n) is 3.41. The monoisotopic (exact) mass is 374 g/mol. The summed E-state index contributed by atoms with van der Waals surface area (Å²) in [6, 6.07) is 8.28. The highest BCUT2D eigenvalue weighted by Crippen LogP contribution is 2.31. The van der Waals surface area contributed by atoms with E-state index in [1.54, 1.807) is 18.3 Å². The predicted molar refractivity (Wildman–Crippen MR) is 84.2 cm³/mol. The third kappa shape index (κ3) is 5.07. The summed E-state index contributed by atoms with van der Waals surface area (Å²) < 4.78 is 41.3. The number of carbonyl (C=O) groups is 1. The molecule has 0 saturated carbocycles. The van der Waals surface area contributed by atoms with Gasteiger partial charge in [0.15, 0.2) is 0 Å². The van der Waals surface area contributed by atoms with Crippen molar-refractivity contribution in [3.05, 3.63) is 59.3 Å². The lowest BCUT2D eigenvalue weighted by Gasteiger charge is -2.06. The van der Waals surface area contributed by atoms with E-state index in [0.717, 1.165) is 12.1 Å². The lowest BCUT2D eigenvalue weighted by molar-refractivity contribution is -0.139. The molecule has 1 aromatic carbocycles. The molecule has 3 rings (SSSR count). The largest absolute Gasteiger partial charge is 0.481 e. The molecule has 2 heterocycles. The van der Waals surface area contributed by atoms with E-state index in [9.17, 15) is 18.0 Å². The Hall–Kier alpha value is -2.32. The number of carboxylic acids is 1. The van der Waals surface area contributed by atoms with Gasteiger partial charge in [0, 0.05) is 18.3 Å². The zero-order valence-corrected chi connectivity index (χ0v) is 13.5. The van der Waals surface area contributed by atoms with Gasteiger partial charge in [-0.3, -0.25) is 4.79 Å². The van der Waals surface area contributed by atoms with Crippen LogP contribution in [0.1, 0.15) is 22.6 Å². The minimum Gasteiger partial charge on any atom is -0.481 e. The van der Waals surface area contributed by atoms with Crippen molar-refractivity contribution >= 4 is 17.7 Å². The van der Waals surface area contributed by atoms with Gasteiger partial charge in [-0.25, -0.2) is 9.82 Å². The van der Waals surface area contributed by atoms with Gasteiger partial charge in [-0.05, 0) is 35.5 Å². The molecule has 1 aliphatic rings. The third-order valence-corrected chi connectivity index (χ3v) is 3.55. The molecule has 2 N–H and O–H groups in total. The number of halogens is 4. The van der Waals surface area contributed by atoms with E-state index in [4.69, 9.17) is 21.6 Å². The number of benzene rings is 1. The average Bonchev–Trinajstić information content (AvgIpc) is 3.00. The number of nitrogens with one attached hydrogen (secondary N) is 1. The summed E-state index contributed by atoms with van der Waals surface area (Å²) >= 11 is 5.19. The zero-order valence-electron chi connectivity index (χ0n) is 12.8. The molecule has 1 aliphatic heterocycles. The van der Waals surface area contributed by atoms with Crippen molar-refractivity contribution in [3.63, 3.8) is 0 Å². The molecule has 1 unspecified atom stereocenters. The van der Waals surface area contributed by atoms with Gasteiger partial charge >= 0.3 is 12.1 Å². The molecule has 0 fully saturated rings. The number of fused-ring (bicyclic) bond motifs is 1. The Morgan fingerprint density at radius 2 is 2.00 bits per heavy atom. The first kappa shape index (κ1) is 19.0.